The standard InChI is InChI=1S/C31H25N3O3/c1-37-31(36)25-8-9-28-27(20-25)29(12-15-33-28)34-26-7-3-6-24(19-26)30(35)18-23-5-2-4-22(17-23)16-21-10-13-32-14-11-21/h2-15,17,19-20H,16,18H2,1H3,(H,33,34). The zero-order chi connectivity index (χ0) is 25.6. The number of fused-ring (bicyclic) bond motifs is 1. The maximum atomic E-state index is 13.2. The summed E-state index contributed by atoms with van der Waals surface area (Å²) in [5, 5.41) is 4.16. The van der Waals surface area contributed by atoms with Crippen molar-refractivity contribution in [3.8, 4) is 0 Å². The van der Waals surface area contributed by atoms with Crippen LogP contribution in [-0.4, -0.2) is 28.8 Å². The first-order chi connectivity index (χ1) is 18.1. The predicted molar refractivity (Wildman–Crippen MR) is 144 cm³/mol. The van der Waals surface area contributed by atoms with Crippen molar-refractivity contribution in [3.05, 3.63) is 131 Å². The molecule has 3 aromatic carbocycles. The van der Waals surface area contributed by atoms with Crippen molar-refractivity contribution in [1.82, 2.24) is 9.97 Å². The Morgan fingerprint density at radius 3 is 2.43 bits per heavy atom. The smallest absolute Gasteiger partial charge is 0.337 e. The molecule has 6 nitrogen and oxygen atoms in total. The number of ketones is 1. The molecule has 0 amide bonds. The van der Waals surface area contributed by atoms with Crippen LogP contribution in [0.1, 0.15) is 37.4 Å². The summed E-state index contributed by atoms with van der Waals surface area (Å²) in [6.07, 6.45) is 6.39. The van der Waals surface area contributed by atoms with Crippen molar-refractivity contribution in [2.24, 2.45) is 0 Å². The van der Waals surface area contributed by atoms with E-state index in [1.54, 1.807) is 36.8 Å². The van der Waals surface area contributed by atoms with Gasteiger partial charge in [-0.05, 0) is 71.6 Å². The fourth-order valence-electron chi connectivity index (χ4n) is 4.30. The monoisotopic (exact) mass is 487 g/mol. The number of nitrogens with zero attached hydrogens (tertiary/aromatic N) is 2. The average molecular weight is 488 g/mol. The highest BCUT2D eigenvalue weighted by Crippen LogP contribution is 2.27. The Bertz CT molecular complexity index is 1580. The molecule has 0 bridgehead atoms. The molecule has 0 aliphatic rings. The first kappa shape index (κ1) is 23.9. The summed E-state index contributed by atoms with van der Waals surface area (Å²) in [6.45, 7) is 0. The Morgan fingerprint density at radius 2 is 1.59 bits per heavy atom. The van der Waals surface area contributed by atoms with Gasteiger partial charge in [0, 0.05) is 47.3 Å². The second kappa shape index (κ2) is 10.8. The topological polar surface area (TPSA) is 81.2 Å². The number of anilines is 2. The lowest BCUT2D eigenvalue weighted by Crippen LogP contribution is -2.05. The number of methoxy groups -OCH3 is 1. The average Bonchev–Trinajstić information content (AvgIpc) is 2.93. The van der Waals surface area contributed by atoms with Crippen LogP contribution < -0.4 is 5.32 Å². The first-order valence-corrected chi connectivity index (χ1v) is 11.9. The quantitative estimate of drug-likeness (QED) is 0.208. The number of ether oxygens (including phenoxy) is 1. The minimum Gasteiger partial charge on any atom is -0.465 e. The van der Waals surface area contributed by atoms with Crippen LogP contribution in [0.5, 0.6) is 0 Å². The van der Waals surface area contributed by atoms with E-state index in [-0.39, 0.29) is 5.78 Å². The maximum absolute atomic E-state index is 13.2. The molecule has 6 heteroatoms. The molecular weight excluding hydrogens is 462 g/mol. The fourth-order valence-corrected chi connectivity index (χ4v) is 4.30. The Morgan fingerprint density at radius 1 is 0.784 bits per heavy atom. The molecule has 0 aliphatic heterocycles. The molecule has 2 aromatic heterocycles. The normalized spacial score (nSPS) is 10.7. The van der Waals surface area contributed by atoms with Crippen molar-refractivity contribution < 1.29 is 14.3 Å². The van der Waals surface area contributed by atoms with Crippen LogP contribution >= 0.6 is 0 Å². The van der Waals surface area contributed by atoms with Crippen molar-refractivity contribution in [3.63, 3.8) is 0 Å². The van der Waals surface area contributed by atoms with Crippen LogP contribution in [-0.2, 0) is 17.6 Å². The lowest BCUT2D eigenvalue weighted by Gasteiger charge is -2.12. The Labute approximate surface area is 215 Å². The van der Waals surface area contributed by atoms with Gasteiger partial charge in [-0.2, -0.15) is 0 Å². The summed E-state index contributed by atoms with van der Waals surface area (Å²) in [5.74, 6) is -0.369. The van der Waals surface area contributed by atoms with Crippen molar-refractivity contribution in [2.75, 3.05) is 12.4 Å². The van der Waals surface area contributed by atoms with Gasteiger partial charge in [0.1, 0.15) is 0 Å². The second-order valence-corrected chi connectivity index (χ2v) is 8.74. The zero-order valence-electron chi connectivity index (χ0n) is 20.3. The maximum Gasteiger partial charge on any atom is 0.337 e. The largest absolute Gasteiger partial charge is 0.465 e. The molecule has 1 N–H and O–H groups in total. The second-order valence-electron chi connectivity index (χ2n) is 8.74. The van der Waals surface area contributed by atoms with Gasteiger partial charge in [-0.15, -0.1) is 0 Å². The summed E-state index contributed by atoms with van der Waals surface area (Å²) in [5.41, 5.74) is 6.68. The molecule has 2 heterocycles. The van der Waals surface area contributed by atoms with Gasteiger partial charge in [0.05, 0.1) is 18.2 Å². The van der Waals surface area contributed by atoms with E-state index in [1.807, 2.05) is 54.6 Å². The van der Waals surface area contributed by atoms with E-state index >= 15 is 0 Å². The van der Waals surface area contributed by atoms with Gasteiger partial charge >= 0.3 is 5.97 Å². The number of nitrogens with one attached hydrogen (secondary N) is 1. The summed E-state index contributed by atoms with van der Waals surface area (Å²) in [6, 6.07) is 26.6. The molecule has 0 saturated carbocycles. The predicted octanol–water partition coefficient (Wildman–Crippen LogP) is 6.18. The Hall–Kier alpha value is -4.84. The summed E-state index contributed by atoms with van der Waals surface area (Å²) in [7, 11) is 1.36. The number of carbonyl (C=O) groups is 2. The van der Waals surface area contributed by atoms with Crippen LogP contribution in [0.15, 0.2) is 104 Å². The molecule has 0 unspecified atom stereocenters. The fraction of sp³-hybridized carbons (Fsp3) is 0.0968. The van der Waals surface area contributed by atoms with E-state index in [4.69, 9.17) is 4.74 Å². The summed E-state index contributed by atoms with van der Waals surface area (Å²) < 4.78 is 4.85. The van der Waals surface area contributed by atoms with Crippen molar-refractivity contribution >= 4 is 34.0 Å². The van der Waals surface area contributed by atoms with Crippen LogP contribution in [0, 0.1) is 0 Å². The number of Topliss-reactive ketones (excluding diaryl/α,β-unsaturated/α-hetero) is 1. The van der Waals surface area contributed by atoms with E-state index in [2.05, 4.69) is 27.4 Å². The van der Waals surface area contributed by atoms with Crippen LogP contribution in [0.2, 0.25) is 0 Å². The number of hydrogen-bond acceptors (Lipinski definition) is 6. The van der Waals surface area contributed by atoms with Gasteiger partial charge in [-0.25, -0.2) is 4.79 Å². The third-order valence-electron chi connectivity index (χ3n) is 6.14. The molecular formula is C31H25N3O3. The van der Waals surface area contributed by atoms with Crippen molar-refractivity contribution in [2.45, 2.75) is 12.8 Å². The van der Waals surface area contributed by atoms with Crippen LogP contribution in [0.25, 0.3) is 10.9 Å². The van der Waals surface area contributed by atoms with Gasteiger partial charge in [0.2, 0.25) is 0 Å². The molecule has 182 valence electrons. The molecule has 0 saturated heterocycles. The van der Waals surface area contributed by atoms with Crippen LogP contribution in [0.3, 0.4) is 0 Å². The van der Waals surface area contributed by atoms with E-state index in [0.717, 1.165) is 39.8 Å². The number of aromatic nitrogens is 2. The van der Waals surface area contributed by atoms with E-state index in [1.165, 1.54) is 12.7 Å². The summed E-state index contributed by atoms with van der Waals surface area (Å²) >= 11 is 0. The summed E-state index contributed by atoms with van der Waals surface area (Å²) in [4.78, 5) is 33.6. The third kappa shape index (κ3) is 5.70. The van der Waals surface area contributed by atoms with Crippen LogP contribution in [0.4, 0.5) is 11.4 Å². The van der Waals surface area contributed by atoms with Gasteiger partial charge < -0.3 is 10.1 Å². The van der Waals surface area contributed by atoms with E-state index < -0.39 is 5.97 Å². The third-order valence-corrected chi connectivity index (χ3v) is 6.14. The number of pyridine rings is 2. The highest BCUT2D eigenvalue weighted by molar-refractivity contribution is 6.01. The number of benzene rings is 3. The lowest BCUT2D eigenvalue weighted by atomic mass is 9.98. The van der Waals surface area contributed by atoms with E-state index in [0.29, 0.717) is 17.5 Å². The molecule has 0 aliphatic carbocycles. The molecule has 37 heavy (non-hydrogen) atoms. The number of hydrogen-bond donors (Lipinski definition) is 1. The van der Waals surface area contributed by atoms with Gasteiger partial charge in [0.15, 0.2) is 5.78 Å². The Kier molecular flexibility index (Phi) is 6.99. The minimum absolute atomic E-state index is 0.0391. The molecule has 0 spiro atoms. The van der Waals surface area contributed by atoms with Crippen molar-refractivity contribution in [1.29, 1.82) is 0 Å². The SMILES string of the molecule is COC(=O)c1ccc2nccc(Nc3cccc(C(=O)Cc4cccc(Cc5ccncc5)c4)c3)c2c1. The molecule has 0 atom stereocenters. The molecule has 5 rings (SSSR count). The molecule has 0 fully saturated rings. The van der Waals surface area contributed by atoms with Gasteiger partial charge in [-0.1, -0.05) is 36.4 Å². The first-order valence-electron chi connectivity index (χ1n) is 11.9. The number of rotatable bonds is 8. The highest BCUT2D eigenvalue weighted by Gasteiger charge is 2.12. The zero-order valence-corrected chi connectivity index (χ0v) is 20.3. The highest BCUT2D eigenvalue weighted by atomic mass is 16.5. The minimum atomic E-state index is -0.408. The Balaban J connectivity index is 1.34. The van der Waals surface area contributed by atoms with Gasteiger partial charge in [-0.3, -0.25) is 14.8 Å². The molecule has 5 aromatic rings. The van der Waals surface area contributed by atoms with E-state index in [9.17, 15) is 9.59 Å². The molecule has 0 radical (unpaired) electrons. The number of carbonyl (C=O) groups excluding carboxylic acids is 2. The van der Waals surface area contributed by atoms with Gasteiger partial charge in [0.25, 0.3) is 0 Å². The number of esters is 1. The lowest BCUT2D eigenvalue weighted by molar-refractivity contribution is 0.0600.